The smallest absolute Gasteiger partial charge is 0.264 e. The molecule has 0 saturated carbocycles. The first kappa shape index (κ1) is 21.7. The van der Waals surface area contributed by atoms with Crippen LogP contribution in [0.25, 0.3) is 10.8 Å². The summed E-state index contributed by atoms with van der Waals surface area (Å²) < 4.78 is 29.3. The molecule has 0 aromatic heterocycles. The Balaban J connectivity index is 1.58. The third kappa shape index (κ3) is 3.81. The van der Waals surface area contributed by atoms with Gasteiger partial charge in [0.2, 0.25) is 5.91 Å². The fourth-order valence-electron chi connectivity index (χ4n) is 4.88. The van der Waals surface area contributed by atoms with Gasteiger partial charge in [-0.3, -0.25) is 4.79 Å². The van der Waals surface area contributed by atoms with Gasteiger partial charge in [-0.15, -0.1) is 0 Å². The van der Waals surface area contributed by atoms with E-state index in [9.17, 15) is 13.2 Å². The maximum Gasteiger partial charge on any atom is 0.264 e. The second-order valence-electron chi connectivity index (χ2n) is 8.42. The first-order valence-corrected chi connectivity index (χ1v) is 12.6. The Hall–Kier alpha value is -3.15. The van der Waals surface area contributed by atoms with Crippen LogP contribution in [0.2, 0.25) is 5.02 Å². The number of amides is 1. The van der Waals surface area contributed by atoms with Gasteiger partial charge in [-0.2, -0.15) is 0 Å². The number of hydrogen-bond donors (Lipinski definition) is 1. The highest BCUT2D eigenvalue weighted by Crippen LogP contribution is 2.44. The largest absolute Gasteiger partial charge is 0.273 e. The number of carbonyl (C=O) groups excluding carboxylic acids is 1. The van der Waals surface area contributed by atoms with E-state index in [1.807, 2.05) is 66.7 Å². The standard InChI is InChI=1S/C27H22ClNO3S/c28-24-14-7-13-23-22(24)16-17-27(23,18-19-8-2-1-3-9-19)26(30)29-33(31,32)25-15-6-11-20-10-4-5-12-21(20)25/h1-15H,16-18H2,(H,29,30). The second kappa shape index (κ2) is 8.32. The molecule has 5 rings (SSSR count). The molecule has 0 saturated heterocycles. The van der Waals surface area contributed by atoms with Crippen LogP contribution in [-0.2, 0) is 33.1 Å². The summed E-state index contributed by atoms with van der Waals surface area (Å²) in [5.41, 5.74) is 1.64. The molecular formula is C27H22ClNO3S. The van der Waals surface area contributed by atoms with Gasteiger partial charge in [0.1, 0.15) is 0 Å². The molecule has 4 nitrogen and oxygen atoms in total. The minimum absolute atomic E-state index is 0.0909. The minimum Gasteiger partial charge on any atom is -0.273 e. The van der Waals surface area contributed by atoms with Gasteiger partial charge in [0.05, 0.1) is 10.3 Å². The molecule has 0 radical (unpaired) electrons. The molecule has 1 atom stereocenters. The van der Waals surface area contributed by atoms with Crippen molar-refractivity contribution in [2.45, 2.75) is 29.6 Å². The molecular weight excluding hydrogens is 454 g/mol. The quantitative estimate of drug-likeness (QED) is 0.419. The molecule has 1 amide bonds. The van der Waals surface area contributed by atoms with E-state index in [0.29, 0.717) is 29.7 Å². The van der Waals surface area contributed by atoms with E-state index in [1.165, 1.54) is 6.07 Å². The molecule has 1 aliphatic carbocycles. The zero-order chi connectivity index (χ0) is 23.1. The maximum absolute atomic E-state index is 13.8. The van der Waals surface area contributed by atoms with Crippen molar-refractivity contribution in [1.29, 1.82) is 0 Å². The van der Waals surface area contributed by atoms with Gasteiger partial charge in [0.15, 0.2) is 0 Å². The van der Waals surface area contributed by atoms with Crippen LogP contribution in [-0.4, -0.2) is 14.3 Å². The van der Waals surface area contributed by atoms with Gasteiger partial charge >= 0.3 is 0 Å². The summed E-state index contributed by atoms with van der Waals surface area (Å²) in [6, 6.07) is 27.5. The van der Waals surface area contributed by atoms with Gasteiger partial charge < -0.3 is 0 Å². The van der Waals surface area contributed by atoms with E-state index in [1.54, 1.807) is 18.2 Å². The molecule has 1 N–H and O–H groups in total. The third-order valence-electron chi connectivity index (χ3n) is 6.49. The lowest BCUT2D eigenvalue weighted by atomic mass is 9.76. The van der Waals surface area contributed by atoms with Gasteiger partial charge in [0.25, 0.3) is 10.0 Å². The molecule has 4 aromatic rings. The van der Waals surface area contributed by atoms with E-state index in [-0.39, 0.29) is 4.90 Å². The van der Waals surface area contributed by atoms with Crippen LogP contribution >= 0.6 is 11.6 Å². The summed E-state index contributed by atoms with van der Waals surface area (Å²) in [7, 11) is -4.10. The van der Waals surface area contributed by atoms with Crippen LogP contribution in [0.3, 0.4) is 0 Å². The average Bonchev–Trinajstić information content (AvgIpc) is 3.20. The monoisotopic (exact) mass is 475 g/mol. The summed E-state index contributed by atoms with van der Waals surface area (Å²) in [5.74, 6) is -0.527. The molecule has 1 aliphatic rings. The van der Waals surface area contributed by atoms with E-state index in [4.69, 9.17) is 11.6 Å². The van der Waals surface area contributed by atoms with Crippen LogP contribution in [0.4, 0.5) is 0 Å². The number of hydrogen-bond acceptors (Lipinski definition) is 3. The average molecular weight is 476 g/mol. The number of carbonyl (C=O) groups is 1. The number of nitrogens with one attached hydrogen (secondary N) is 1. The molecule has 0 bridgehead atoms. The number of fused-ring (bicyclic) bond motifs is 2. The van der Waals surface area contributed by atoms with E-state index in [0.717, 1.165) is 22.1 Å². The van der Waals surface area contributed by atoms with Crippen molar-refractivity contribution in [2.75, 3.05) is 0 Å². The summed E-state index contributed by atoms with van der Waals surface area (Å²) in [5, 5.41) is 1.98. The van der Waals surface area contributed by atoms with Crippen LogP contribution in [0, 0.1) is 0 Å². The zero-order valence-corrected chi connectivity index (χ0v) is 19.4. The van der Waals surface area contributed by atoms with Crippen molar-refractivity contribution in [3.8, 4) is 0 Å². The normalized spacial score (nSPS) is 17.6. The maximum atomic E-state index is 13.8. The van der Waals surface area contributed by atoms with Crippen LogP contribution < -0.4 is 4.72 Å². The predicted octanol–water partition coefficient (Wildman–Crippen LogP) is 5.43. The molecule has 0 aliphatic heterocycles. The number of halogens is 1. The van der Waals surface area contributed by atoms with E-state index in [2.05, 4.69) is 4.72 Å². The topological polar surface area (TPSA) is 63.2 Å². The first-order valence-electron chi connectivity index (χ1n) is 10.8. The van der Waals surface area contributed by atoms with E-state index < -0.39 is 21.3 Å². The van der Waals surface area contributed by atoms with Gasteiger partial charge in [-0.25, -0.2) is 13.1 Å². The second-order valence-corrected chi connectivity index (χ2v) is 10.5. The summed E-state index contributed by atoms with van der Waals surface area (Å²) in [6.45, 7) is 0. The van der Waals surface area contributed by atoms with Crippen LogP contribution in [0.5, 0.6) is 0 Å². The number of benzene rings is 4. The lowest BCUT2D eigenvalue weighted by molar-refractivity contribution is -0.125. The molecule has 1 unspecified atom stereocenters. The number of sulfonamides is 1. The van der Waals surface area contributed by atoms with Crippen molar-refractivity contribution in [2.24, 2.45) is 0 Å². The lowest BCUT2D eigenvalue weighted by Crippen LogP contribution is -2.47. The molecule has 4 aromatic carbocycles. The molecule has 0 spiro atoms. The summed E-state index contributed by atoms with van der Waals surface area (Å²) >= 11 is 6.45. The van der Waals surface area contributed by atoms with E-state index >= 15 is 0 Å². The fraction of sp³-hybridized carbons (Fsp3) is 0.148. The van der Waals surface area contributed by atoms with Gasteiger partial charge in [-0.05, 0) is 53.5 Å². The Morgan fingerprint density at radius 2 is 1.58 bits per heavy atom. The lowest BCUT2D eigenvalue weighted by Gasteiger charge is -2.29. The highest BCUT2D eigenvalue weighted by molar-refractivity contribution is 7.90. The van der Waals surface area contributed by atoms with Crippen LogP contribution in [0.1, 0.15) is 23.1 Å². The molecule has 0 heterocycles. The highest BCUT2D eigenvalue weighted by atomic mass is 35.5. The minimum atomic E-state index is -4.10. The highest BCUT2D eigenvalue weighted by Gasteiger charge is 2.47. The van der Waals surface area contributed by atoms with Crippen LogP contribution in [0.15, 0.2) is 95.9 Å². The zero-order valence-electron chi connectivity index (χ0n) is 17.8. The molecule has 166 valence electrons. The SMILES string of the molecule is O=C(NS(=O)(=O)c1cccc2ccccc12)C1(Cc2ccccc2)CCc2c(Cl)cccc21. The Labute approximate surface area is 198 Å². The Bertz CT molecular complexity index is 1460. The predicted molar refractivity (Wildman–Crippen MR) is 131 cm³/mol. The molecule has 33 heavy (non-hydrogen) atoms. The Kier molecular flexibility index (Phi) is 5.47. The van der Waals surface area contributed by atoms with Crippen molar-refractivity contribution in [3.63, 3.8) is 0 Å². The van der Waals surface area contributed by atoms with Gasteiger partial charge in [0, 0.05) is 10.4 Å². The number of rotatable bonds is 5. The van der Waals surface area contributed by atoms with Gasteiger partial charge in [-0.1, -0.05) is 90.5 Å². The third-order valence-corrected chi connectivity index (χ3v) is 8.23. The Morgan fingerprint density at radius 1 is 0.879 bits per heavy atom. The van der Waals surface area contributed by atoms with Crippen molar-refractivity contribution in [1.82, 2.24) is 4.72 Å². The first-order chi connectivity index (χ1) is 15.9. The fourth-order valence-corrected chi connectivity index (χ4v) is 6.43. The summed E-state index contributed by atoms with van der Waals surface area (Å²) in [4.78, 5) is 13.9. The Morgan fingerprint density at radius 3 is 2.39 bits per heavy atom. The van der Waals surface area contributed by atoms with Crippen molar-refractivity contribution >= 4 is 38.3 Å². The molecule has 0 fully saturated rings. The molecule has 6 heteroatoms. The van der Waals surface area contributed by atoms with Crippen molar-refractivity contribution in [3.05, 3.63) is 113 Å². The van der Waals surface area contributed by atoms with Crippen molar-refractivity contribution < 1.29 is 13.2 Å². The summed E-state index contributed by atoms with van der Waals surface area (Å²) in [6.07, 6.45) is 1.49.